The van der Waals surface area contributed by atoms with Gasteiger partial charge >= 0.3 is 6.18 Å². The Kier molecular flexibility index (Phi) is 4.39. The van der Waals surface area contributed by atoms with E-state index in [9.17, 15) is 13.2 Å². The molecular formula is C12H9ClF3N3S. The van der Waals surface area contributed by atoms with Crippen molar-refractivity contribution in [3.63, 3.8) is 0 Å². The third-order valence-corrected chi connectivity index (χ3v) is 3.66. The molecule has 8 heteroatoms. The molecule has 2 aromatic heterocycles. The first-order chi connectivity index (χ1) is 9.36. The Hall–Kier alpha value is -1.47. The summed E-state index contributed by atoms with van der Waals surface area (Å²) < 4.78 is 37.1. The summed E-state index contributed by atoms with van der Waals surface area (Å²) in [6.45, 7) is 0. The lowest BCUT2D eigenvalue weighted by molar-refractivity contribution is -0.137. The van der Waals surface area contributed by atoms with Crippen LogP contribution in [0.2, 0.25) is 5.02 Å². The van der Waals surface area contributed by atoms with Gasteiger partial charge in [-0.05, 0) is 24.3 Å². The SMILES string of the molecule is Nc1ccc(Cl)c(CSc2ccc(C(F)(F)F)cn2)n1. The second-order valence-corrected chi connectivity index (χ2v) is 5.24. The van der Waals surface area contributed by atoms with Gasteiger partial charge in [0.1, 0.15) is 5.82 Å². The Morgan fingerprint density at radius 2 is 1.95 bits per heavy atom. The standard InChI is InChI=1S/C12H9ClF3N3S/c13-8-2-3-10(17)19-9(8)6-20-11-4-1-7(5-18-11)12(14,15)16/h1-5H,6H2,(H2,17,19). The molecule has 0 saturated carbocycles. The van der Waals surface area contributed by atoms with E-state index in [4.69, 9.17) is 17.3 Å². The summed E-state index contributed by atoms with van der Waals surface area (Å²) in [5, 5.41) is 0.914. The molecule has 3 nitrogen and oxygen atoms in total. The summed E-state index contributed by atoms with van der Waals surface area (Å²) in [6.07, 6.45) is -3.58. The quantitative estimate of drug-likeness (QED) is 0.868. The predicted molar refractivity (Wildman–Crippen MR) is 72.5 cm³/mol. The Labute approximate surface area is 122 Å². The lowest BCUT2D eigenvalue weighted by atomic mass is 10.3. The van der Waals surface area contributed by atoms with E-state index in [0.29, 0.717) is 27.3 Å². The van der Waals surface area contributed by atoms with Gasteiger partial charge in [-0.1, -0.05) is 23.4 Å². The maximum absolute atomic E-state index is 12.4. The number of aromatic nitrogens is 2. The van der Waals surface area contributed by atoms with Gasteiger partial charge in [0.05, 0.1) is 21.3 Å². The van der Waals surface area contributed by atoms with Gasteiger partial charge in [0.15, 0.2) is 0 Å². The molecule has 0 atom stereocenters. The number of thioether (sulfide) groups is 1. The van der Waals surface area contributed by atoms with Gasteiger partial charge in [-0.15, -0.1) is 0 Å². The molecule has 0 amide bonds. The number of nitrogens with zero attached hydrogens (tertiary/aromatic N) is 2. The van der Waals surface area contributed by atoms with Crippen molar-refractivity contribution in [1.82, 2.24) is 9.97 Å². The number of halogens is 4. The second kappa shape index (κ2) is 5.88. The monoisotopic (exact) mass is 319 g/mol. The summed E-state index contributed by atoms with van der Waals surface area (Å²) in [7, 11) is 0. The molecule has 0 radical (unpaired) electrons. The third kappa shape index (κ3) is 3.77. The molecule has 0 fully saturated rings. The van der Waals surface area contributed by atoms with Crippen LogP contribution >= 0.6 is 23.4 Å². The summed E-state index contributed by atoms with van der Waals surface area (Å²) >= 11 is 7.18. The molecule has 0 saturated heterocycles. The van der Waals surface area contributed by atoms with Crippen molar-refractivity contribution in [1.29, 1.82) is 0 Å². The van der Waals surface area contributed by atoms with E-state index in [1.807, 2.05) is 0 Å². The van der Waals surface area contributed by atoms with E-state index >= 15 is 0 Å². The second-order valence-electron chi connectivity index (χ2n) is 3.84. The largest absolute Gasteiger partial charge is 0.417 e. The average Bonchev–Trinajstić information content (AvgIpc) is 2.39. The molecule has 0 aromatic carbocycles. The normalized spacial score (nSPS) is 11.6. The van der Waals surface area contributed by atoms with Crippen LogP contribution in [0, 0.1) is 0 Å². The molecule has 0 aliphatic rings. The highest BCUT2D eigenvalue weighted by molar-refractivity contribution is 7.98. The minimum absolute atomic E-state index is 0.338. The molecule has 20 heavy (non-hydrogen) atoms. The number of pyridine rings is 2. The average molecular weight is 320 g/mol. The van der Waals surface area contributed by atoms with Gasteiger partial charge in [0.2, 0.25) is 0 Å². The van der Waals surface area contributed by atoms with Gasteiger partial charge in [0.25, 0.3) is 0 Å². The van der Waals surface area contributed by atoms with E-state index in [2.05, 4.69) is 9.97 Å². The third-order valence-electron chi connectivity index (χ3n) is 2.36. The van der Waals surface area contributed by atoms with Crippen molar-refractivity contribution < 1.29 is 13.2 Å². The fourth-order valence-electron chi connectivity index (χ4n) is 1.38. The lowest BCUT2D eigenvalue weighted by Crippen LogP contribution is -2.05. The summed E-state index contributed by atoms with van der Waals surface area (Å²) in [4.78, 5) is 7.81. The van der Waals surface area contributed by atoms with Crippen molar-refractivity contribution in [2.75, 3.05) is 5.73 Å². The van der Waals surface area contributed by atoms with Gasteiger partial charge in [-0.25, -0.2) is 9.97 Å². The summed E-state index contributed by atoms with van der Waals surface area (Å²) in [6, 6.07) is 5.50. The molecule has 2 rings (SSSR count). The molecule has 2 aromatic rings. The number of alkyl halides is 3. The summed E-state index contributed by atoms with van der Waals surface area (Å²) in [5.74, 6) is 0.716. The van der Waals surface area contributed by atoms with Gasteiger partial charge < -0.3 is 5.73 Å². The van der Waals surface area contributed by atoms with Crippen molar-refractivity contribution in [3.05, 3.63) is 46.7 Å². The number of hydrogen-bond acceptors (Lipinski definition) is 4. The lowest BCUT2D eigenvalue weighted by Gasteiger charge is -2.07. The molecule has 0 unspecified atom stereocenters. The highest BCUT2D eigenvalue weighted by atomic mass is 35.5. The fraction of sp³-hybridized carbons (Fsp3) is 0.167. The highest BCUT2D eigenvalue weighted by Gasteiger charge is 2.30. The highest BCUT2D eigenvalue weighted by Crippen LogP contribution is 2.30. The summed E-state index contributed by atoms with van der Waals surface area (Å²) in [5.41, 5.74) is 5.34. The van der Waals surface area contributed by atoms with Gasteiger partial charge in [-0.2, -0.15) is 13.2 Å². The minimum Gasteiger partial charge on any atom is -0.384 e. The smallest absolute Gasteiger partial charge is 0.384 e. The number of rotatable bonds is 3. The van der Waals surface area contributed by atoms with E-state index in [1.54, 1.807) is 12.1 Å². The first-order valence-electron chi connectivity index (χ1n) is 5.43. The molecular weight excluding hydrogens is 311 g/mol. The molecule has 0 aliphatic carbocycles. The van der Waals surface area contributed by atoms with Crippen molar-refractivity contribution in [2.24, 2.45) is 0 Å². The van der Waals surface area contributed by atoms with Crippen molar-refractivity contribution in [3.8, 4) is 0 Å². The Balaban J connectivity index is 2.06. The zero-order chi connectivity index (χ0) is 14.8. The minimum atomic E-state index is -4.38. The maximum Gasteiger partial charge on any atom is 0.417 e. The molecule has 106 valence electrons. The molecule has 0 bridgehead atoms. The van der Waals surface area contributed by atoms with E-state index in [0.717, 1.165) is 12.3 Å². The van der Waals surface area contributed by atoms with Crippen LogP contribution in [0.3, 0.4) is 0 Å². The van der Waals surface area contributed by atoms with Crippen LogP contribution in [0.15, 0.2) is 35.5 Å². The fourth-order valence-corrected chi connectivity index (χ4v) is 2.43. The van der Waals surface area contributed by atoms with Crippen LogP contribution < -0.4 is 5.73 Å². The van der Waals surface area contributed by atoms with Crippen LogP contribution in [0.25, 0.3) is 0 Å². The van der Waals surface area contributed by atoms with Crippen LogP contribution in [0.5, 0.6) is 0 Å². The first kappa shape index (κ1) is 14.9. The maximum atomic E-state index is 12.4. The molecule has 0 aliphatic heterocycles. The topological polar surface area (TPSA) is 51.8 Å². The Morgan fingerprint density at radius 3 is 2.55 bits per heavy atom. The Morgan fingerprint density at radius 1 is 1.20 bits per heavy atom. The van der Waals surface area contributed by atoms with E-state index in [1.165, 1.54) is 17.8 Å². The van der Waals surface area contributed by atoms with Crippen LogP contribution in [0.1, 0.15) is 11.3 Å². The first-order valence-corrected chi connectivity index (χ1v) is 6.79. The van der Waals surface area contributed by atoms with Crippen molar-refractivity contribution >= 4 is 29.2 Å². The van der Waals surface area contributed by atoms with E-state index in [-0.39, 0.29) is 0 Å². The van der Waals surface area contributed by atoms with Crippen LogP contribution in [-0.4, -0.2) is 9.97 Å². The molecule has 0 spiro atoms. The van der Waals surface area contributed by atoms with Gasteiger partial charge in [-0.3, -0.25) is 0 Å². The number of nitrogen functional groups attached to an aromatic ring is 1. The molecule has 2 N–H and O–H groups in total. The number of anilines is 1. The number of hydrogen-bond donors (Lipinski definition) is 1. The zero-order valence-corrected chi connectivity index (χ0v) is 11.6. The molecule has 2 heterocycles. The van der Waals surface area contributed by atoms with Gasteiger partial charge in [0, 0.05) is 11.9 Å². The predicted octanol–water partition coefficient (Wildman–Crippen LogP) is 4.02. The van der Waals surface area contributed by atoms with Crippen LogP contribution in [-0.2, 0) is 11.9 Å². The van der Waals surface area contributed by atoms with E-state index < -0.39 is 11.7 Å². The van der Waals surface area contributed by atoms with Crippen LogP contribution in [0.4, 0.5) is 19.0 Å². The number of nitrogens with two attached hydrogens (primary N) is 1. The Bertz CT molecular complexity index is 602. The zero-order valence-electron chi connectivity index (χ0n) is 9.99. The van der Waals surface area contributed by atoms with Crippen molar-refractivity contribution in [2.45, 2.75) is 17.0 Å².